The van der Waals surface area contributed by atoms with Crippen LogP contribution in [0.25, 0.3) is 0 Å². The molecule has 0 rings (SSSR count). The zero-order valence-corrected chi connectivity index (χ0v) is 18.3. The third kappa shape index (κ3) is 15.3. The molecule has 154 valence electrons. The third-order valence-electron chi connectivity index (χ3n) is 4.30. The van der Waals surface area contributed by atoms with Crippen LogP contribution in [0.5, 0.6) is 0 Å². The first-order chi connectivity index (χ1) is 11.7. The second-order valence-corrected chi connectivity index (χ2v) is 9.58. The number of carbonyl (C=O) groups excluding carboxylic acids is 2. The molecule has 5 heteroatoms. The van der Waals surface area contributed by atoms with E-state index >= 15 is 0 Å². The summed E-state index contributed by atoms with van der Waals surface area (Å²) in [6.07, 6.45) is 3.42. The number of hydrogen-bond donors (Lipinski definition) is 1. The first-order valence-electron chi connectivity index (χ1n) is 9.77. The molecular formula is C21H41NO4. The summed E-state index contributed by atoms with van der Waals surface area (Å²) in [4.78, 5) is 22.9. The quantitative estimate of drug-likeness (QED) is 0.525. The molecule has 1 N–H and O–H groups in total. The monoisotopic (exact) mass is 371 g/mol. The van der Waals surface area contributed by atoms with E-state index < -0.39 is 0 Å². The molecule has 0 aliphatic rings. The van der Waals surface area contributed by atoms with Crippen LogP contribution in [0, 0.1) is 5.41 Å². The summed E-state index contributed by atoms with van der Waals surface area (Å²) in [5.41, 5.74) is -0.432. The standard InChI is InChI=1S/C21H41NO4/c1-17(23)10-15-25-21(7,8)13-16-26-20(5,6)12-14-22-18(24)9-11-19(2,3)4/h9-16H2,1-8H3,(H,22,24). The Morgan fingerprint density at radius 2 is 1.31 bits per heavy atom. The first-order valence-corrected chi connectivity index (χ1v) is 9.77. The second-order valence-electron chi connectivity index (χ2n) is 9.58. The van der Waals surface area contributed by atoms with E-state index in [9.17, 15) is 9.59 Å². The highest BCUT2D eigenvalue weighted by molar-refractivity contribution is 5.76. The minimum absolute atomic E-state index is 0.107. The van der Waals surface area contributed by atoms with Crippen LogP contribution in [0.2, 0.25) is 0 Å². The number of Topliss-reactive ketones (excluding diaryl/α,β-unsaturated/α-hetero) is 1. The van der Waals surface area contributed by atoms with E-state index in [4.69, 9.17) is 9.47 Å². The van der Waals surface area contributed by atoms with Crippen LogP contribution >= 0.6 is 0 Å². The van der Waals surface area contributed by atoms with Crippen molar-refractivity contribution in [3.8, 4) is 0 Å². The highest BCUT2D eigenvalue weighted by Crippen LogP contribution is 2.21. The number of rotatable bonds is 13. The molecule has 5 nitrogen and oxygen atoms in total. The fourth-order valence-corrected chi connectivity index (χ4v) is 2.27. The van der Waals surface area contributed by atoms with E-state index in [2.05, 4.69) is 26.1 Å². The topological polar surface area (TPSA) is 64.6 Å². The van der Waals surface area contributed by atoms with Crippen molar-refractivity contribution < 1.29 is 19.1 Å². The largest absolute Gasteiger partial charge is 0.375 e. The minimum atomic E-state index is -0.313. The molecule has 0 saturated carbocycles. The van der Waals surface area contributed by atoms with Crippen molar-refractivity contribution in [3.63, 3.8) is 0 Å². The van der Waals surface area contributed by atoms with Gasteiger partial charge in [0.1, 0.15) is 5.78 Å². The number of carbonyl (C=O) groups is 2. The van der Waals surface area contributed by atoms with Gasteiger partial charge in [0.2, 0.25) is 5.91 Å². The van der Waals surface area contributed by atoms with Gasteiger partial charge in [-0.15, -0.1) is 0 Å². The molecule has 0 heterocycles. The van der Waals surface area contributed by atoms with Gasteiger partial charge in [-0.1, -0.05) is 20.8 Å². The van der Waals surface area contributed by atoms with Crippen LogP contribution in [0.1, 0.15) is 87.5 Å². The Kier molecular flexibility index (Phi) is 10.6. The summed E-state index contributed by atoms with van der Waals surface area (Å²) in [7, 11) is 0. The maximum absolute atomic E-state index is 11.9. The normalized spacial score (nSPS) is 12.9. The highest BCUT2D eigenvalue weighted by Gasteiger charge is 2.23. The molecule has 0 aliphatic carbocycles. The van der Waals surface area contributed by atoms with Crippen molar-refractivity contribution in [2.24, 2.45) is 5.41 Å². The summed E-state index contributed by atoms with van der Waals surface area (Å²) < 4.78 is 11.8. The lowest BCUT2D eigenvalue weighted by atomic mass is 9.90. The molecule has 0 saturated heterocycles. The Morgan fingerprint density at radius 1 is 0.769 bits per heavy atom. The summed E-state index contributed by atoms with van der Waals surface area (Å²) in [5, 5.41) is 2.98. The van der Waals surface area contributed by atoms with Crippen LogP contribution in [0.3, 0.4) is 0 Å². The number of amides is 1. The van der Waals surface area contributed by atoms with Gasteiger partial charge < -0.3 is 14.8 Å². The summed E-state index contributed by atoms with van der Waals surface area (Å²) in [6.45, 7) is 17.8. The van der Waals surface area contributed by atoms with Gasteiger partial charge >= 0.3 is 0 Å². The van der Waals surface area contributed by atoms with E-state index in [1.165, 1.54) is 0 Å². The Labute approximate surface area is 160 Å². The summed E-state index contributed by atoms with van der Waals surface area (Å²) in [6, 6.07) is 0. The van der Waals surface area contributed by atoms with Crippen LogP contribution in [-0.4, -0.2) is 42.7 Å². The molecule has 0 fully saturated rings. The maximum atomic E-state index is 11.9. The number of nitrogens with one attached hydrogen (secondary N) is 1. The lowest BCUT2D eigenvalue weighted by molar-refractivity contribution is -0.122. The maximum Gasteiger partial charge on any atom is 0.220 e. The van der Waals surface area contributed by atoms with Gasteiger partial charge in [-0.2, -0.15) is 0 Å². The van der Waals surface area contributed by atoms with Gasteiger partial charge in [0.25, 0.3) is 0 Å². The average molecular weight is 372 g/mol. The van der Waals surface area contributed by atoms with Crippen molar-refractivity contribution in [1.29, 1.82) is 0 Å². The molecule has 0 aromatic heterocycles. The fraction of sp³-hybridized carbons (Fsp3) is 0.905. The van der Waals surface area contributed by atoms with E-state index in [-0.39, 0.29) is 28.3 Å². The van der Waals surface area contributed by atoms with Gasteiger partial charge in [0.15, 0.2) is 0 Å². The fourth-order valence-electron chi connectivity index (χ4n) is 2.27. The zero-order chi connectivity index (χ0) is 20.4. The molecule has 0 aromatic rings. The van der Waals surface area contributed by atoms with Crippen molar-refractivity contribution >= 4 is 11.7 Å². The lowest BCUT2D eigenvalue weighted by Gasteiger charge is -2.30. The molecule has 26 heavy (non-hydrogen) atoms. The number of hydrogen-bond acceptors (Lipinski definition) is 4. The molecule has 0 radical (unpaired) electrons. The molecule has 0 unspecified atom stereocenters. The van der Waals surface area contributed by atoms with Crippen LogP contribution in [-0.2, 0) is 19.1 Å². The van der Waals surface area contributed by atoms with Crippen LogP contribution in [0.4, 0.5) is 0 Å². The number of ketones is 1. The molecular weight excluding hydrogens is 330 g/mol. The molecule has 0 aromatic carbocycles. The van der Waals surface area contributed by atoms with Crippen molar-refractivity contribution in [2.75, 3.05) is 19.8 Å². The minimum Gasteiger partial charge on any atom is -0.375 e. The highest BCUT2D eigenvalue weighted by atomic mass is 16.5. The van der Waals surface area contributed by atoms with Gasteiger partial charge in [0.05, 0.1) is 24.4 Å². The van der Waals surface area contributed by atoms with E-state index in [1.807, 2.05) is 27.7 Å². The Morgan fingerprint density at radius 3 is 1.85 bits per heavy atom. The smallest absolute Gasteiger partial charge is 0.220 e. The lowest BCUT2D eigenvalue weighted by Crippen LogP contribution is -2.35. The second kappa shape index (κ2) is 11.0. The van der Waals surface area contributed by atoms with Gasteiger partial charge in [-0.25, -0.2) is 0 Å². The van der Waals surface area contributed by atoms with Crippen LogP contribution in [0.15, 0.2) is 0 Å². The van der Waals surface area contributed by atoms with Crippen molar-refractivity contribution in [3.05, 3.63) is 0 Å². The zero-order valence-electron chi connectivity index (χ0n) is 18.3. The Bertz CT molecular complexity index is 436. The molecule has 0 bridgehead atoms. The molecule has 0 atom stereocenters. The SMILES string of the molecule is CC(=O)CCOC(C)(C)CCOC(C)(C)CCNC(=O)CCC(C)(C)C. The van der Waals surface area contributed by atoms with Crippen molar-refractivity contribution in [2.45, 2.75) is 98.7 Å². The summed E-state index contributed by atoms with van der Waals surface area (Å²) >= 11 is 0. The van der Waals surface area contributed by atoms with E-state index in [0.717, 1.165) is 19.3 Å². The first kappa shape index (κ1) is 25.1. The van der Waals surface area contributed by atoms with Gasteiger partial charge in [-0.3, -0.25) is 9.59 Å². The van der Waals surface area contributed by atoms with E-state index in [1.54, 1.807) is 6.92 Å². The third-order valence-corrected chi connectivity index (χ3v) is 4.30. The molecule has 1 amide bonds. The van der Waals surface area contributed by atoms with Crippen molar-refractivity contribution in [1.82, 2.24) is 5.32 Å². The Balaban J connectivity index is 3.99. The van der Waals surface area contributed by atoms with Gasteiger partial charge in [-0.05, 0) is 59.3 Å². The predicted molar refractivity (Wildman–Crippen MR) is 106 cm³/mol. The number of ether oxygens (including phenoxy) is 2. The predicted octanol–water partition coefficient (Wildman–Crippen LogP) is 4.28. The molecule has 0 aliphatic heterocycles. The van der Waals surface area contributed by atoms with Crippen LogP contribution < -0.4 is 5.32 Å². The molecule has 0 spiro atoms. The average Bonchev–Trinajstić information content (AvgIpc) is 2.43. The Hall–Kier alpha value is -0.940. The summed E-state index contributed by atoms with van der Waals surface area (Å²) in [5.74, 6) is 0.249. The van der Waals surface area contributed by atoms with E-state index in [0.29, 0.717) is 32.6 Å². The van der Waals surface area contributed by atoms with Gasteiger partial charge in [0, 0.05) is 19.4 Å².